The first kappa shape index (κ1) is 13.5. The maximum atomic E-state index is 12.6. The van der Waals surface area contributed by atoms with E-state index in [2.05, 4.69) is 15.3 Å². The van der Waals surface area contributed by atoms with Crippen molar-refractivity contribution in [3.8, 4) is 0 Å². The Morgan fingerprint density at radius 1 is 1.41 bits per heavy atom. The monoisotopic (exact) mass is 250 g/mol. The maximum Gasteiger partial charge on any atom is 0.421 e. The Labute approximate surface area is 95.9 Å². The lowest BCUT2D eigenvalue weighted by Crippen LogP contribution is -2.30. The van der Waals surface area contributed by atoms with Gasteiger partial charge < -0.3 is 16.2 Å². The van der Waals surface area contributed by atoms with E-state index in [0.29, 0.717) is 6.20 Å². The van der Waals surface area contributed by atoms with E-state index >= 15 is 0 Å². The molecule has 0 fully saturated rings. The highest BCUT2D eigenvalue weighted by Gasteiger charge is 2.35. The van der Waals surface area contributed by atoms with Gasteiger partial charge in [-0.05, 0) is 13.8 Å². The number of nitrogens with one attached hydrogen (secondary N) is 1. The molecular weight excluding hydrogens is 237 g/mol. The fourth-order valence-electron chi connectivity index (χ4n) is 1.04. The normalized spacial score (nSPS) is 12.6. The Bertz CT molecular complexity index is 400. The zero-order valence-electron chi connectivity index (χ0n) is 9.34. The van der Waals surface area contributed by atoms with Crippen molar-refractivity contribution in [2.45, 2.75) is 25.6 Å². The number of nitrogens with two attached hydrogens (primary N) is 1. The molecule has 0 aliphatic heterocycles. The standard InChI is InChI=1S/C9H13F3N4O/c1-8(2,17)4-15-6-5(9(10,11)12)3-14-7(13)16-6/h3,17H,4H2,1-2H3,(H3,13,14,15,16). The molecular formula is C9H13F3N4O. The summed E-state index contributed by atoms with van der Waals surface area (Å²) in [6.07, 6.45) is -3.97. The van der Waals surface area contributed by atoms with Crippen LogP contribution in [0.5, 0.6) is 0 Å². The topological polar surface area (TPSA) is 84.1 Å². The van der Waals surface area contributed by atoms with Crippen LogP contribution in [-0.2, 0) is 6.18 Å². The van der Waals surface area contributed by atoms with Crippen LogP contribution in [0.2, 0.25) is 0 Å². The predicted molar refractivity (Wildman–Crippen MR) is 56.2 cm³/mol. The average Bonchev–Trinajstić information content (AvgIpc) is 2.11. The van der Waals surface area contributed by atoms with Gasteiger partial charge in [-0.15, -0.1) is 0 Å². The van der Waals surface area contributed by atoms with E-state index < -0.39 is 23.2 Å². The predicted octanol–water partition coefficient (Wildman–Crippen LogP) is 1.26. The van der Waals surface area contributed by atoms with Gasteiger partial charge in [0.25, 0.3) is 0 Å². The van der Waals surface area contributed by atoms with E-state index in [1.165, 1.54) is 13.8 Å². The van der Waals surface area contributed by atoms with Crippen LogP contribution in [0.3, 0.4) is 0 Å². The van der Waals surface area contributed by atoms with Crippen LogP contribution < -0.4 is 11.1 Å². The van der Waals surface area contributed by atoms with Crippen molar-refractivity contribution in [3.05, 3.63) is 11.8 Å². The summed E-state index contributed by atoms with van der Waals surface area (Å²) in [5, 5.41) is 11.8. The minimum atomic E-state index is -4.57. The quantitative estimate of drug-likeness (QED) is 0.752. The second kappa shape index (κ2) is 4.36. The lowest BCUT2D eigenvalue weighted by Gasteiger charge is -2.20. The molecule has 0 saturated heterocycles. The summed E-state index contributed by atoms with van der Waals surface area (Å²) in [7, 11) is 0. The molecule has 0 amide bonds. The first-order valence-electron chi connectivity index (χ1n) is 4.75. The molecule has 0 radical (unpaired) electrons. The summed E-state index contributed by atoms with van der Waals surface area (Å²) in [5.74, 6) is -0.705. The van der Waals surface area contributed by atoms with Gasteiger partial charge in [0.05, 0.1) is 5.60 Å². The summed E-state index contributed by atoms with van der Waals surface area (Å²) >= 11 is 0. The molecule has 0 saturated carbocycles. The number of alkyl halides is 3. The Morgan fingerprint density at radius 3 is 2.47 bits per heavy atom. The van der Waals surface area contributed by atoms with Crippen molar-refractivity contribution in [3.63, 3.8) is 0 Å². The molecule has 1 rings (SSSR count). The van der Waals surface area contributed by atoms with Crippen LogP contribution in [0.25, 0.3) is 0 Å². The Balaban J connectivity index is 3.00. The van der Waals surface area contributed by atoms with E-state index in [0.717, 1.165) is 0 Å². The maximum absolute atomic E-state index is 12.6. The Kier molecular flexibility index (Phi) is 3.46. The number of halogens is 3. The molecule has 1 aromatic rings. The van der Waals surface area contributed by atoms with Crippen LogP contribution in [-0.4, -0.2) is 27.2 Å². The van der Waals surface area contributed by atoms with E-state index in [1.54, 1.807) is 0 Å². The van der Waals surface area contributed by atoms with Gasteiger partial charge in [0, 0.05) is 12.7 Å². The molecule has 0 atom stereocenters. The smallest absolute Gasteiger partial charge is 0.389 e. The third-order valence-corrected chi connectivity index (χ3v) is 1.80. The molecule has 1 heterocycles. The zero-order valence-corrected chi connectivity index (χ0v) is 9.34. The molecule has 96 valence electrons. The molecule has 4 N–H and O–H groups in total. The molecule has 0 aliphatic carbocycles. The van der Waals surface area contributed by atoms with Gasteiger partial charge in [-0.2, -0.15) is 18.2 Å². The van der Waals surface area contributed by atoms with Crippen molar-refractivity contribution in [1.82, 2.24) is 9.97 Å². The van der Waals surface area contributed by atoms with Crippen molar-refractivity contribution in [2.24, 2.45) is 0 Å². The minimum Gasteiger partial charge on any atom is -0.389 e. The Morgan fingerprint density at radius 2 is 2.00 bits per heavy atom. The molecule has 0 unspecified atom stereocenters. The molecule has 0 aliphatic rings. The summed E-state index contributed by atoms with van der Waals surface area (Å²) in [5.41, 5.74) is 3.04. The van der Waals surface area contributed by atoms with E-state index in [4.69, 9.17) is 5.73 Å². The minimum absolute atomic E-state index is 0.0907. The lowest BCUT2D eigenvalue weighted by molar-refractivity contribution is -0.137. The fraction of sp³-hybridized carbons (Fsp3) is 0.556. The van der Waals surface area contributed by atoms with Crippen LogP contribution >= 0.6 is 0 Å². The van der Waals surface area contributed by atoms with Crippen molar-refractivity contribution in [1.29, 1.82) is 0 Å². The van der Waals surface area contributed by atoms with Gasteiger partial charge >= 0.3 is 6.18 Å². The molecule has 5 nitrogen and oxygen atoms in total. The number of aromatic nitrogens is 2. The van der Waals surface area contributed by atoms with E-state index in [9.17, 15) is 18.3 Å². The van der Waals surface area contributed by atoms with Crippen molar-refractivity contribution < 1.29 is 18.3 Å². The molecule has 17 heavy (non-hydrogen) atoms. The molecule has 0 aromatic carbocycles. The van der Waals surface area contributed by atoms with Crippen LogP contribution in [0.1, 0.15) is 19.4 Å². The van der Waals surface area contributed by atoms with Gasteiger partial charge in [0.2, 0.25) is 5.95 Å². The van der Waals surface area contributed by atoms with Gasteiger partial charge in [-0.1, -0.05) is 0 Å². The van der Waals surface area contributed by atoms with Crippen molar-refractivity contribution >= 4 is 11.8 Å². The van der Waals surface area contributed by atoms with Gasteiger partial charge in [-0.3, -0.25) is 0 Å². The molecule has 8 heteroatoms. The first-order chi connectivity index (χ1) is 7.59. The molecule has 1 aromatic heterocycles. The first-order valence-corrected chi connectivity index (χ1v) is 4.75. The lowest BCUT2D eigenvalue weighted by atomic mass is 10.1. The average molecular weight is 250 g/mol. The number of nitrogens with zero attached hydrogens (tertiary/aromatic N) is 2. The van der Waals surface area contributed by atoms with E-state index in [-0.39, 0.29) is 12.5 Å². The van der Waals surface area contributed by atoms with E-state index in [1.807, 2.05) is 0 Å². The highest BCUT2D eigenvalue weighted by atomic mass is 19.4. The number of rotatable bonds is 3. The van der Waals surface area contributed by atoms with Crippen LogP contribution in [0.15, 0.2) is 6.20 Å². The van der Waals surface area contributed by atoms with Crippen molar-refractivity contribution in [2.75, 3.05) is 17.6 Å². The molecule has 0 spiro atoms. The number of hydrogen-bond donors (Lipinski definition) is 3. The molecule has 0 bridgehead atoms. The highest BCUT2D eigenvalue weighted by Crippen LogP contribution is 2.33. The van der Waals surface area contributed by atoms with Gasteiger partial charge in [0.15, 0.2) is 0 Å². The number of aliphatic hydroxyl groups is 1. The second-order valence-electron chi connectivity index (χ2n) is 4.15. The summed E-state index contributed by atoms with van der Waals surface area (Å²) in [6.45, 7) is 2.82. The number of hydrogen-bond acceptors (Lipinski definition) is 5. The van der Waals surface area contributed by atoms with Crippen LogP contribution in [0.4, 0.5) is 24.9 Å². The summed E-state index contributed by atoms with van der Waals surface area (Å²) < 4.78 is 37.7. The SMILES string of the molecule is CC(C)(O)CNc1nc(N)ncc1C(F)(F)F. The summed E-state index contributed by atoms with van der Waals surface area (Å²) in [4.78, 5) is 6.76. The largest absolute Gasteiger partial charge is 0.421 e. The number of anilines is 2. The second-order valence-corrected chi connectivity index (χ2v) is 4.15. The third-order valence-electron chi connectivity index (χ3n) is 1.80. The van der Waals surface area contributed by atoms with Gasteiger partial charge in [0.1, 0.15) is 11.4 Å². The van der Waals surface area contributed by atoms with Crippen LogP contribution in [0, 0.1) is 0 Å². The highest BCUT2D eigenvalue weighted by molar-refractivity contribution is 5.47. The Hall–Kier alpha value is -1.57. The summed E-state index contributed by atoms with van der Waals surface area (Å²) in [6, 6.07) is 0. The third kappa shape index (κ3) is 4.06. The zero-order chi connectivity index (χ0) is 13.3. The van der Waals surface area contributed by atoms with Gasteiger partial charge in [-0.25, -0.2) is 4.98 Å². The number of nitrogen functional groups attached to an aromatic ring is 1. The fourth-order valence-corrected chi connectivity index (χ4v) is 1.04.